The van der Waals surface area contributed by atoms with Crippen molar-refractivity contribution in [3.8, 4) is 28.0 Å². The lowest BCUT2D eigenvalue weighted by Gasteiger charge is -2.10. The maximum atomic E-state index is 9.59. The van der Waals surface area contributed by atoms with Crippen molar-refractivity contribution in [3.63, 3.8) is 0 Å². The highest BCUT2D eigenvalue weighted by Crippen LogP contribution is 2.42. The standard InChI is InChI=1S/C19H13ClO/c20-18-11-13(8-9-19(18)21)15-6-3-7-16-14-5-2-1-4-12(14)10-17(15)16/h1-9,11,21H,10H2. The molecule has 1 aliphatic carbocycles. The van der Waals surface area contributed by atoms with Gasteiger partial charge < -0.3 is 5.11 Å². The number of phenols is 1. The molecular formula is C19H13ClO. The first kappa shape index (κ1) is 12.5. The molecular weight excluding hydrogens is 280 g/mol. The molecule has 0 unspecified atom stereocenters. The van der Waals surface area contributed by atoms with Crippen LogP contribution in [0.3, 0.4) is 0 Å². The molecule has 3 aromatic carbocycles. The zero-order valence-electron chi connectivity index (χ0n) is 11.3. The molecule has 0 saturated heterocycles. The molecule has 0 aliphatic heterocycles. The number of rotatable bonds is 1. The molecule has 102 valence electrons. The molecule has 0 atom stereocenters. The molecule has 4 rings (SSSR count). The minimum atomic E-state index is 0.122. The maximum Gasteiger partial charge on any atom is 0.134 e. The first-order chi connectivity index (χ1) is 10.2. The summed E-state index contributed by atoms with van der Waals surface area (Å²) in [7, 11) is 0. The summed E-state index contributed by atoms with van der Waals surface area (Å²) in [5.74, 6) is 0.122. The average molecular weight is 293 g/mol. The van der Waals surface area contributed by atoms with Crippen LogP contribution in [0.25, 0.3) is 22.3 Å². The summed E-state index contributed by atoms with van der Waals surface area (Å²) in [5.41, 5.74) is 7.55. The number of phenolic OH excluding ortho intramolecular Hbond substituents is 1. The van der Waals surface area contributed by atoms with Gasteiger partial charge in [0, 0.05) is 0 Å². The maximum absolute atomic E-state index is 9.59. The second-order valence-corrected chi connectivity index (χ2v) is 5.74. The smallest absolute Gasteiger partial charge is 0.134 e. The molecule has 21 heavy (non-hydrogen) atoms. The largest absolute Gasteiger partial charge is 0.506 e. The van der Waals surface area contributed by atoms with Gasteiger partial charge in [0.2, 0.25) is 0 Å². The van der Waals surface area contributed by atoms with Gasteiger partial charge in [-0.15, -0.1) is 0 Å². The summed E-state index contributed by atoms with van der Waals surface area (Å²) in [6, 6.07) is 20.3. The van der Waals surface area contributed by atoms with E-state index < -0.39 is 0 Å². The van der Waals surface area contributed by atoms with E-state index in [1.807, 2.05) is 12.1 Å². The lowest BCUT2D eigenvalue weighted by Crippen LogP contribution is -1.88. The van der Waals surface area contributed by atoms with E-state index in [9.17, 15) is 5.11 Å². The van der Waals surface area contributed by atoms with Crippen LogP contribution in [0.15, 0.2) is 60.7 Å². The summed E-state index contributed by atoms with van der Waals surface area (Å²) >= 11 is 6.05. The first-order valence-electron chi connectivity index (χ1n) is 6.93. The molecule has 0 heterocycles. The van der Waals surface area contributed by atoms with Gasteiger partial charge in [0.05, 0.1) is 5.02 Å². The van der Waals surface area contributed by atoms with Gasteiger partial charge in [-0.2, -0.15) is 0 Å². The van der Waals surface area contributed by atoms with Gasteiger partial charge in [0.1, 0.15) is 5.75 Å². The monoisotopic (exact) mass is 292 g/mol. The Morgan fingerprint density at radius 1 is 0.810 bits per heavy atom. The van der Waals surface area contributed by atoms with E-state index in [2.05, 4.69) is 42.5 Å². The Bertz CT molecular complexity index is 852. The van der Waals surface area contributed by atoms with Crippen LogP contribution in [0.1, 0.15) is 11.1 Å². The summed E-state index contributed by atoms with van der Waals surface area (Å²) in [5, 5.41) is 9.98. The lowest BCUT2D eigenvalue weighted by atomic mass is 9.96. The van der Waals surface area contributed by atoms with Gasteiger partial charge >= 0.3 is 0 Å². The van der Waals surface area contributed by atoms with E-state index in [1.165, 1.54) is 27.8 Å². The van der Waals surface area contributed by atoms with Gasteiger partial charge in [0.25, 0.3) is 0 Å². The molecule has 1 N–H and O–H groups in total. The quantitative estimate of drug-likeness (QED) is 0.506. The first-order valence-corrected chi connectivity index (χ1v) is 7.31. The molecule has 0 amide bonds. The molecule has 0 bridgehead atoms. The third kappa shape index (κ3) is 1.93. The number of aromatic hydroxyl groups is 1. The fourth-order valence-corrected chi connectivity index (χ4v) is 3.28. The van der Waals surface area contributed by atoms with Crippen LogP contribution in [0.2, 0.25) is 5.02 Å². The van der Waals surface area contributed by atoms with Gasteiger partial charge in [-0.05, 0) is 51.9 Å². The van der Waals surface area contributed by atoms with Crippen molar-refractivity contribution in [1.82, 2.24) is 0 Å². The normalized spacial score (nSPS) is 12.0. The van der Waals surface area contributed by atoms with Crippen molar-refractivity contribution in [2.75, 3.05) is 0 Å². The highest BCUT2D eigenvalue weighted by molar-refractivity contribution is 6.32. The van der Waals surface area contributed by atoms with E-state index in [1.54, 1.807) is 6.07 Å². The Kier molecular flexibility index (Phi) is 2.76. The molecule has 1 aliphatic rings. The Balaban J connectivity index is 1.92. The van der Waals surface area contributed by atoms with Crippen molar-refractivity contribution in [2.45, 2.75) is 6.42 Å². The molecule has 0 spiro atoms. The Morgan fingerprint density at radius 2 is 1.57 bits per heavy atom. The van der Waals surface area contributed by atoms with E-state index in [4.69, 9.17) is 11.6 Å². The summed E-state index contributed by atoms with van der Waals surface area (Å²) in [6.07, 6.45) is 0.945. The Labute approximate surface area is 128 Å². The second-order valence-electron chi connectivity index (χ2n) is 5.33. The Hall–Kier alpha value is -2.25. The molecule has 0 saturated carbocycles. The summed E-state index contributed by atoms with van der Waals surface area (Å²) < 4.78 is 0. The van der Waals surface area contributed by atoms with Crippen LogP contribution < -0.4 is 0 Å². The summed E-state index contributed by atoms with van der Waals surface area (Å²) in [4.78, 5) is 0. The molecule has 0 fully saturated rings. The molecule has 3 aromatic rings. The minimum absolute atomic E-state index is 0.122. The second kappa shape index (κ2) is 4.64. The lowest BCUT2D eigenvalue weighted by molar-refractivity contribution is 0.475. The average Bonchev–Trinajstić information content (AvgIpc) is 2.89. The van der Waals surface area contributed by atoms with E-state index in [0.717, 1.165) is 12.0 Å². The van der Waals surface area contributed by atoms with Gasteiger partial charge in [0.15, 0.2) is 0 Å². The topological polar surface area (TPSA) is 20.2 Å². The van der Waals surface area contributed by atoms with E-state index in [-0.39, 0.29) is 5.75 Å². The number of hydrogen-bond acceptors (Lipinski definition) is 1. The zero-order chi connectivity index (χ0) is 14.4. The predicted octanol–water partition coefficient (Wildman–Crippen LogP) is 5.28. The summed E-state index contributed by atoms with van der Waals surface area (Å²) in [6.45, 7) is 0. The van der Waals surface area contributed by atoms with Gasteiger partial charge in [-0.25, -0.2) is 0 Å². The van der Waals surface area contributed by atoms with Crippen molar-refractivity contribution < 1.29 is 5.11 Å². The van der Waals surface area contributed by atoms with Crippen LogP contribution >= 0.6 is 11.6 Å². The van der Waals surface area contributed by atoms with Crippen molar-refractivity contribution in [1.29, 1.82) is 0 Å². The third-order valence-electron chi connectivity index (χ3n) is 4.11. The van der Waals surface area contributed by atoms with Crippen LogP contribution in [0.4, 0.5) is 0 Å². The van der Waals surface area contributed by atoms with Crippen LogP contribution in [-0.4, -0.2) is 5.11 Å². The molecule has 0 radical (unpaired) electrons. The van der Waals surface area contributed by atoms with E-state index in [0.29, 0.717) is 5.02 Å². The van der Waals surface area contributed by atoms with Gasteiger partial charge in [-0.1, -0.05) is 60.1 Å². The molecule has 2 heteroatoms. The highest BCUT2D eigenvalue weighted by Gasteiger charge is 2.21. The number of fused-ring (bicyclic) bond motifs is 3. The zero-order valence-corrected chi connectivity index (χ0v) is 12.1. The van der Waals surface area contributed by atoms with Crippen molar-refractivity contribution in [2.24, 2.45) is 0 Å². The highest BCUT2D eigenvalue weighted by atomic mass is 35.5. The van der Waals surface area contributed by atoms with Crippen molar-refractivity contribution in [3.05, 3.63) is 76.8 Å². The van der Waals surface area contributed by atoms with Gasteiger partial charge in [-0.3, -0.25) is 0 Å². The van der Waals surface area contributed by atoms with Crippen LogP contribution in [0.5, 0.6) is 5.75 Å². The number of hydrogen-bond donors (Lipinski definition) is 1. The predicted molar refractivity (Wildman–Crippen MR) is 86.8 cm³/mol. The fraction of sp³-hybridized carbons (Fsp3) is 0.0526. The fourth-order valence-electron chi connectivity index (χ4n) is 3.10. The SMILES string of the molecule is Oc1ccc(-c2cccc3c2Cc2ccccc2-3)cc1Cl. The third-order valence-corrected chi connectivity index (χ3v) is 4.41. The Morgan fingerprint density at radius 3 is 2.43 bits per heavy atom. The van der Waals surface area contributed by atoms with Crippen LogP contribution in [0, 0.1) is 0 Å². The number of halogens is 1. The molecule has 0 aromatic heterocycles. The number of benzene rings is 3. The minimum Gasteiger partial charge on any atom is -0.506 e. The van der Waals surface area contributed by atoms with E-state index >= 15 is 0 Å². The van der Waals surface area contributed by atoms with Crippen molar-refractivity contribution >= 4 is 11.6 Å². The molecule has 1 nitrogen and oxygen atoms in total. The van der Waals surface area contributed by atoms with Crippen LogP contribution in [-0.2, 0) is 6.42 Å².